The maximum atomic E-state index is 12.5. The molecule has 0 bridgehead atoms. The van der Waals surface area contributed by atoms with Gasteiger partial charge in [-0.25, -0.2) is 4.98 Å². The van der Waals surface area contributed by atoms with E-state index in [4.69, 9.17) is 19.8 Å². The molecular weight excluding hydrogens is 352 g/mol. The smallest absolute Gasteiger partial charge is 0.290 e. The Hall–Kier alpha value is -2.42. The summed E-state index contributed by atoms with van der Waals surface area (Å²) in [6.07, 6.45) is 6.06. The van der Waals surface area contributed by atoms with Gasteiger partial charge >= 0.3 is 0 Å². The number of hydrogen-bond donors (Lipinski definition) is 3. The molecule has 1 aliphatic heterocycles. The van der Waals surface area contributed by atoms with E-state index in [0.717, 1.165) is 25.3 Å². The maximum Gasteiger partial charge on any atom is 0.290 e. The highest BCUT2D eigenvalue weighted by Crippen LogP contribution is 2.21. The minimum atomic E-state index is -0.431. The van der Waals surface area contributed by atoms with Gasteiger partial charge in [-0.05, 0) is 45.7 Å². The number of carbonyl (C=O) groups is 3. The Morgan fingerprint density at radius 1 is 1.26 bits per heavy atom. The Bertz CT molecular complexity index is 560. The molecule has 1 aromatic heterocycles. The van der Waals surface area contributed by atoms with E-state index in [0.29, 0.717) is 12.5 Å². The fourth-order valence-corrected chi connectivity index (χ4v) is 2.86. The molecule has 0 spiro atoms. The first-order valence-corrected chi connectivity index (χ1v) is 8.92. The Morgan fingerprint density at radius 3 is 2.26 bits per heavy atom. The number of carboxylic acid groups (broad SMARTS) is 2. The van der Waals surface area contributed by atoms with Gasteiger partial charge in [-0.3, -0.25) is 19.3 Å². The SMILES string of the molecule is CC(C)Cn1cncc1CNC(=O)C(C)(C)N1CCCC1.O=CO.O=CO. The lowest BCUT2D eigenvalue weighted by atomic mass is 10.0. The molecule has 0 saturated carbocycles. The fraction of sp³-hybridized carbons (Fsp3) is 0.667. The lowest BCUT2D eigenvalue weighted by molar-refractivity contribution is -0.131. The van der Waals surface area contributed by atoms with Crippen LogP contribution in [0.2, 0.25) is 0 Å². The molecule has 1 amide bonds. The van der Waals surface area contributed by atoms with E-state index in [2.05, 4.69) is 33.6 Å². The number of aromatic nitrogens is 2. The summed E-state index contributed by atoms with van der Waals surface area (Å²) in [4.78, 5) is 35.7. The average molecular weight is 384 g/mol. The number of carbonyl (C=O) groups excluding carboxylic acids is 1. The van der Waals surface area contributed by atoms with Crippen LogP contribution in [0.5, 0.6) is 0 Å². The van der Waals surface area contributed by atoms with E-state index in [-0.39, 0.29) is 18.9 Å². The van der Waals surface area contributed by atoms with Crippen molar-refractivity contribution in [3.8, 4) is 0 Å². The molecule has 9 heteroatoms. The van der Waals surface area contributed by atoms with Gasteiger partial charge < -0.3 is 20.1 Å². The van der Waals surface area contributed by atoms with Crippen LogP contribution in [0.3, 0.4) is 0 Å². The topological polar surface area (TPSA) is 125 Å². The number of hydrogen-bond acceptors (Lipinski definition) is 5. The van der Waals surface area contributed by atoms with Crippen LogP contribution in [-0.2, 0) is 27.5 Å². The molecule has 0 aliphatic carbocycles. The molecule has 1 saturated heterocycles. The van der Waals surface area contributed by atoms with Gasteiger partial charge in [0.05, 0.1) is 24.1 Å². The van der Waals surface area contributed by atoms with Crippen LogP contribution in [0.4, 0.5) is 0 Å². The number of nitrogens with zero attached hydrogens (tertiary/aromatic N) is 3. The minimum Gasteiger partial charge on any atom is -0.483 e. The van der Waals surface area contributed by atoms with Gasteiger partial charge in [-0.15, -0.1) is 0 Å². The molecule has 2 heterocycles. The van der Waals surface area contributed by atoms with Crippen molar-refractivity contribution < 1.29 is 24.6 Å². The number of rotatable bonds is 6. The molecule has 3 N–H and O–H groups in total. The normalized spacial score (nSPS) is 13.8. The van der Waals surface area contributed by atoms with Crippen LogP contribution < -0.4 is 5.32 Å². The number of likely N-dealkylation sites (tertiary alicyclic amines) is 1. The predicted molar refractivity (Wildman–Crippen MR) is 101 cm³/mol. The maximum absolute atomic E-state index is 12.5. The first kappa shape index (κ1) is 24.6. The molecule has 154 valence electrons. The molecule has 0 atom stereocenters. The monoisotopic (exact) mass is 384 g/mol. The van der Waals surface area contributed by atoms with E-state index < -0.39 is 5.54 Å². The van der Waals surface area contributed by atoms with E-state index in [1.54, 1.807) is 0 Å². The zero-order chi connectivity index (χ0) is 20.9. The van der Waals surface area contributed by atoms with Crippen molar-refractivity contribution in [3.63, 3.8) is 0 Å². The van der Waals surface area contributed by atoms with E-state index in [1.807, 2.05) is 26.4 Å². The van der Waals surface area contributed by atoms with Gasteiger partial charge in [-0.1, -0.05) is 13.8 Å². The molecule has 0 unspecified atom stereocenters. The summed E-state index contributed by atoms with van der Waals surface area (Å²) >= 11 is 0. The molecule has 0 aromatic carbocycles. The average Bonchev–Trinajstić information content (AvgIpc) is 3.25. The lowest BCUT2D eigenvalue weighted by Gasteiger charge is -2.33. The van der Waals surface area contributed by atoms with Gasteiger partial charge in [0.1, 0.15) is 0 Å². The van der Waals surface area contributed by atoms with Crippen LogP contribution in [0.1, 0.15) is 46.2 Å². The summed E-state index contributed by atoms with van der Waals surface area (Å²) in [5, 5.41) is 16.9. The second-order valence-corrected chi connectivity index (χ2v) is 7.08. The Kier molecular flexibility index (Phi) is 11.7. The van der Waals surface area contributed by atoms with Gasteiger partial charge in [-0.2, -0.15) is 0 Å². The van der Waals surface area contributed by atoms with Gasteiger partial charge in [0.2, 0.25) is 5.91 Å². The highest BCUT2D eigenvalue weighted by Gasteiger charge is 2.35. The second-order valence-electron chi connectivity index (χ2n) is 7.08. The minimum absolute atomic E-state index is 0.0988. The summed E-state index contributed by atoms with van der Waals surface area (Å²) in [7, 11) is 0. The molecule has 1 aromatic rings. The molecule has 1 fully saturated rings. The van der Waals surface area contributed by atoms with Crippen molar-refractivity contribution in [1.29, 1.82) is 0 Å². The van der Waals surface area contributed by atoms with Crippen LogP contribution in [0.15, 0.2) is 12.5 Å². The third-order valence-corrected chi connectivity index (χ3v) is 4.24. The van der Waals surface area contributed by atoms with Crippen LogP contribution in [-0.4, -0.2) is 62.1 Å². The fourth-order valence-electron chi connectivity index (χ4n) is 2.86. The van der Waals surface area contributed by atoms with Crippen LogP contribution in [0, 0.1) is 5.92 Å². The van der Waals surface area contributed by atoms with Crippen LogP contribution >= 0.6 is 0 Å². The summed E-state index contributed by atoms with van der Waals surface area (Å²) in [6.45, 7) is 11.4. The lowest BCUT2D eigenvalue weighted by Crippen LogP contribution is -2.53. The van der Waals surface area contributed by atoms with Crippen molar-refractivity contribution in [2.75, 3.05) is 13.1 Å². The molecular formula is C18H32N4O5. The third kappa shape index (κ3) is 8.67. The quantitative estimate of drug-likeness (QED) is 0.634. The second kappa shape index (κ2) is 12.9. The van der Waals surface area contributed by atoms with Gasteiger partial charge in [0.25, 0.3) is 12.9 Å². The Labute approximate surface area is 160 Å². The van der Waals surface area contributed by atoms with Crippen molar-refractivity contribution in [2.24, 2.45) is 5.92 Å². The number of imidazole rings is 1. The zero-order valence-corrected chi connectivity index (χ0v) is 16.6. The third-order valence-electron chi connectivity index (χ3n) is 4.24. The van der Waals surface area contributed by atoms with E-state index in [1.165, 1.54) is 12.8 Å². The Morgan fingerprint density at radius 2 is 1.78 bits per heavy atom. The zero-order valence-electron chi connectivity index (χ0n) is 16.6. The van der Waals surface area contributed by atoms with E-state index >= 15 is 0 Å². The summed E-state index contributed by atoms with van der Waals surface area (Å²) < 4.78 is 2.12. The Balaban J connectivity index is 0.000000997. The first-order chi connectivity index (χ1) is 12.7. The standard InChI is InChI=1S/C16H28N4O.2CH2O2/c1-13(2)11-19-12-17-9-14(19)10-18-15(21)16(3,4)20-7-5-6-8-20;2*2-1-3/h9,12-13H,5-8,10-11H2,1-4H3,(H,18,21);2*1H,(H,2,3). The largest absolute Gasteiger partial charge is 0.483 e. The van der Waals surface area contributed by atoms with Crippen molar-refractivity contribution in [2.45, 2.75) is 59.2 Å². The molecule has 1 aliphatic rings. The summed E-state index contributed by atoms with van der Waals surface area (Å²) in [6, 6.07) is 0. The highest BCUT2D eigenvalue weighted by atomic mass is 16.3. The van der Waals surface area contributed by atoms with Gasteiger partial charge in [0.15, 0.2) is 0 Å². The predicted octanol–water partition coefficient (Wildman–Crippen LogP) is 1.43. The number of amides is 1. The molecule has 0 radical (unpaired) electrons. The summed E-state index contributed by atoms with van der Waals surface area (Å²) in [5.74, 6) is 0.663. The molecule has 9 nitrogen and oxygen atoms in total. The van der Waals surface area contributed by atoms with Crippen molar-refractivity contribution >= 4 is 18.9 Å². The van der Waals surface area contributed by atoms with E-state index in [9.17, 15) is 4.79 Å². The highest BCUT2D eigenvalue weighted by molar-refractivity contribution is 5.85. The summed E-state index contributed by atoms with van der Waals surface area (Å²) in [5.41, 5.74) is 0.633. The molecule has 2 rings (SSSR count). The number of nitrogens with one attached hydrogen (secondary N) is 1. The van der Waals surface area contributed by atoms with Crippen molar-refractivity contribution in [1.82, 2.24) is 19.8 Å². The first-order valence-electron chi connectivity index (χ1n) is 8.92. The van der Waals surface area contributed by atoms with Gasteiger partial charge in [0, 0.05) is 12.7 Å². The molecule has 27 heavy (non-hydrogen) atoms. The van der Waals surface area contributed by atoms with Crippen molar-refractivity contribution in [3.05, 3.63) is 18.2 Å². The van der Waals surface area contributed by atoms with Crippen LogP contribution in [0.25, 0.3) is 0 Å².